The molecule has 0 saturated heterocycles. The molecule has 0 aliphatic carbocycles. The van der Waals surface area contributed by atoms with E-state index in [1.807, 2.05) is 109 Å². The number of rotatable bonds is 7. The van der Waals surface area contributed by atoms with Crippen LogP contribution < -0.4 is 5.48 Å². The summed E-state index contributed by atoms with van der Waals surface area (Å²) >= 11 is 12.9. The molecular weight excluding hydrogens is 517 g/mol. The fourth-order valence-electron chi connectivity index (χ4n) is 4.32. The Morgan fingerprint density at radius 2 is 1.58 bits per heavy atom. The number of imidazole rings is 1. The number of hydroxylamine groups is 1. The lowest BCUT2D eigenvalue weighted by molar-refractivity contribution is 0.0230. The van der Waals surface area contributed by atoms with Crippen molar-refractivity contribution in [3.05, 3.63) is 129 Å². The zero-order chi connectivity index (χ0) is 26.6. The average molecular weight is 542 g/mol. The van der Waals surface area contributed by atoms with Crippen molar-refractivity contribution in [2.45, 2.75) is 20.5 Å². The number of aromatic nitrogens is 2. The summed E-state index contributed by atoms with van der Waals surface area (Å²) in [5, 5.41) is 1.12. The number of carbonyl (C=O) groups is 1. The van der Waals surface area contributed by atoms with Crippen molar-refractivity contribution in [3.8, 4) is 28.3 Å². The van der Waals surface area contributed by atoms with Crippen molar-refractivity contribution < 1.29 is 9.63 Å². The molecule has 0 bridgehead atoms. The summed E-state index contributed by atoms with van der Waals surface area (Å²) in [6.07, 6.45) is 0. The highest BCUT2D eigenvalue weighted by molar-refractivity contribution is 6.31. The van der Waals surface area contributed by atoms with E-state index < -0.39 is 5.91 Å². The summed E-state index contributed by atoms with van der Waals surface area (Å²) in [6, 6.07) is 30.6. The van der Waals surface area contributed by atoms with E-state index in [0.717, 1.165) is 33.5 Å². The number of hydrogen-bond acceptors (Lipinski definition) is 3. The number of nitrogens with one attached hydrogen (secondary N) is 1. The van der Waals surface area contributed by atoms with E-state index in [2.05, 4.69) is 5.48 Å². The molecular formula is C31H25Cl2N3O2. The third kappa shape index (κ3) is 5.50. The fraction of sp³-hybridized carbons (Fsp3) is 0.0968. The van der Waals surface area contributed by atoms with Crippen molar-refractivity contribution in [2.75, 3.05) is 0 Å². The van der Waals surface area contributed by atoms with Gasteiger partial charge < -0.3 is 0 Å². The van der Waals surface area contributed by atoms with Crippen LogP contribution >= 0.6 is 23.2 Å². The first-order chi connectivity index (χ1) is 18.4. The molecule has 5 rings (SSSR count). The lowest BCUT2D eigenvalue weighted by Crippen LogP contribution is -2.24. The molecule has 5 aromatic rings. The zero-order valence-corrected chi connectivity index (χ0v) is 22.4. The molecule has 1 aromatic heterocycles. The first kappa shape index (κ1) is 25.7. The van der Waals surface area contributed by atoms with Gasteiger partial charge in [-0.25, -0.2) is 10.5 Å². The molecule has 0 spiro atoms. The number of carbonyl (C=O) groups excluding carboxylic acids is 1. The average Bonchev–Trinajstić information content (AvgIpc) is 3.31. The van der Waals surface area contributed by atoms with Crippen LogP contribution in [-0.2, 0) is 11.4 Å². The Morgan fingerprint density at radius 3 is 2.34 bits per heavy atom. The second-order valence-corrected chi connectivity index (χ2v) is 9.86. The van der Waals surface area contributed by atoms with E-state index in [9.17, 15) is 4.79 Å². The summed E-state index contributed by atoms with van der Waals surface area (Å²) in [5.74, 6) is 0.130. The van der Waals surface area contributed by atoms with Gasteiger partial charge in [-0.3, -0.25) is 14.2 Å². The summed E-state index contributed by atoms with van der Waals surface area (Å²) < 4.78 is 1.97. The molecule has 1 amide bonds. The molecule has 0 radical (unpaired) electrons. The molecule has 0 atom stereocenters. The van der Waals surface area contributed by atoms with E-state index in [-0.39, 0.29) is 12.3 Å². The van der Waals surface area contributed by atoms with Gasteiger partial charge in [0.05, 0.1) is 18.0 Å². The van der Waals surface area contributed by atoms with Crippen LogP contribution in [0.25, 0.3) is 28.3 Å². The number of benzene rings is 4. The number of amides is 1. The van der Waals surface area contributed by atoms with Gasteiger partial charge in [0, 0.05) is 21.2 Å². The predicted molar refractivity (Wildman–Crippen MR) is 153 cm³/mol. The smallest absolute Gasteiger partial charge is 0.291 e. The Kier molecular flexibility index (Phi) is 7.61. The van der Waals surface area contributed by atoms with Crippen LogP contribution in [0.5, 0.6) is 0 Å². The maximum absolute atomic E-state index is 13.6. The topological polar surface area (TPSA) is 56.1 Å². The van der Waals surface area contributed by atoms with E-state index in [1.54, 1.807) is 6.07 Å². The quantitative estimate of drug-likeness (QED) is 0.212. The molecule has 7 heteroatoms. The number of nitrogens with zero attached hydrogens (tertiary/aromatic N) is 2. The molecule has 1 N–H and O–H groups in total. The Labute approximate surface area is 231 Å². The molecule has 38 heavy (non-hydrogen) atoms. The second kappa shape index (κ2) is 11.2. The number of aryl methyl sites for hydroxylation is 2. The normalized spacial score (nSPS) is 10.9. The molecule has 0 saturated carbocycles. The highest BCUT2D eigenvalue weighted by Crippen LogP contribution is 2.36. The van der Waals surface area contributed by atoms with Crippen LogP contribution in [0.3, 0.4) is 0 Å². The predicted octanol–water partition coefficient (Wildman–Crippen LogP) is 7.99. The molecule has 5 nitrogen and oxygen atoms in total. The minimum absolute atomic E-state index is 0.205. The van der Waals surface area contributed by atoms with Gasteiger partial charge in [0.2, 0.25) is 0 Å². The molecule has 0 fully saturated rings. The Bertz CT molecular complexity index is 1610. The van der Waals surface area contributed by atoms with E-state index in [1.165, 1.54) is 0 Å². The van der Waals surface area contributed by atoms with Crippen molar-refractivity contribution in [2.24, 2.45) is 0 Å². The minimum Gasteiger partial charge on any atom is -0.291 e. The largest absolute Gasteiger partial charge is 0.295 e. The van der Waals surface area contributed by atoms with Crippen LogP contribution in [0.1, 0.15) is 27.2 Å². The van der Waals surface area contributed by atoms with Crippen LogP contribution in [0.4, 0.5) is 0 Å². The van der Waals surface area contributed by atoms with E-state index in [0.29, 0.717) is 21.6 Å². The Morgan fingerprint density at radius 1 is 0.842 bits per heavy atom. The summed E-state index contributed by atoms with van der Waals surface area (Å²) in [4.78, 5) is 24.1. The third-order valence-electron chi connectivity index (χ3n) is 6.13. The monoisotopic (exact) mass is 541 g/mol. The van der Waals surface area contributed by atoms with Gasteiger partial charge in [-0.1, -0.05) is 95.5 Å². The maximum atomic E-state index is 13.6. The Balaban J connectivity index is 1.70. The summed E-state index contributed by atoms with van der Waals surface area (Å²) in [6.45, 7) is 4.23. The zero-order valence-electron chi connectivity index (χ0n) is 20.9. The van der Waals surface area contributed by atoms with Crippen LogP contribution in [-0.4, -0.2) is 15.5 Å². The van der Waals surface area contributed by atoms with Gasteiger partial charge in [-0.05, 0) is 55.3 Å². The van der Waals surface area contributed by atoms with Crippen LogP contribution in [0.2, 0.25) is 10.0 Å². The summed E-state index contributed by atoms with van der Waals surface area (Å²) in [5.41, 5.74) is 8.73. The standard InChI is InChI=1S/C31H25Cl2N3O2/c1-20-8-6-12-24(16-20)30-34-28(31(37)35-38-19-22-9-4-3-5-10-22)29(23-11-7-13-25(32)17-23)36(30)27-18-26(33)15-14-21(27)2/h3-18H,19H2,1-2H3,(H,35,37). The van der Waals surface area contributed by atoms with Gasteiger partial charge >= 0.3 is 0 Å². The minimum atomic E-state index is -0.469. The SMILES string of the molecule is Cc1cccc(-c2nc(C(=O)NOCc3ccccc3)c(-c3cccc(Cl)c3)n2-c2cc(Cl)ccc2C)c1. The van der Waals surface area contributed by atoms with Crippen LogP contribution in [0, 0.1) is 13.8 Å². The van der Waals surface area contributed by atoms with Gasteiger partial charge in [-0.2, -0.15) is 0 Å². The van der Waals surface area contributed by atoms with Crippen molar-refractivity contribution in [1.29, 1.82) is 0 Å². The number of halogens is 2. The van der Waals surface area contributed by atoms with Crippen molar-refractivity contribution >= 4 is 29.1 Å². The van der Waals surface area contributed by atoms with Gasteiger partial charge in [-0.15, -0.1) is 0 Å². The molecule has 0 unspecified atom stereocenters. The molecule has 4 aromatic carbocycles. The fourth-order valence-corrected chi connectivity index (χ4v) is 4.68. The molecule has 190 valence electrons. The van der Waals surface area contributed by atoms with E-state index >= 15 is 0 Å². The van der Waals surface area contributed by atoms with Gasteiger partial charge in [0.15, 0.2) is 5.69 Å². The first-order valence-corrected chi connectivity index (χ1v) is 12.8. The number of hydrogen-bond donors (Lipinski definition) is 1. The van der Waals surface area contributed by atoms with Gasteiger partial charge in [0.25, 0.3) is 5.91 Å². The highest BCUT2D eigenvalue weighted by Gasteiger charge is 2.27. The molecule has 0 aliphatic heterocycles. The Hall–Kier alpha value is -3.90. The lowest BCUT2D eigenvalue weighted by atomic mass is 10.1. The van der Waals surface area contributed by atoms with E-state index in [4.69, 9.17) is 33.0 Å². The van der Waals surface area contributed by atoms with Crippen molar-refractivity contribution in [3.63, 3.8) is 0 Å². The molecule has 0 aliphatic rings. The van der Waals surface area contributed by atoms with Gasteiger partial charge in [0.1, 0.15) is 5.82 Å². The molecule has 1 heterocycles. The lowest BCUT2D eigenvalue weighted by Gasteiger charge is -2.16. The van der Waals surface area contributed by atoms with Crippen LogP contribution in [0.15, 0.2) is 97.1 Å². The maximum Gasteiger partial charge on any atom is 0.295 e. The highest BCUT2D eigenvalue weighted by atomic mass is 35.5. The second-order valence-electron chi connectivity index (χ2n) is 8.98. The van der Waals surface area contributed by atoms with Crippen molar-refractivity contribution in [1.82, 2.24) is 15.0 Å². The third-order valence-corrected chi connectivity index (χ3v) is 6.60. The summed E-state index contributed by atoms with van der Waals surface area (Å²) in [7, 11) is 0. The first-order valence-electron chi connectivity index (χ1n) is 12.1.